The van der Waals surface area contributed by atoms with Crippen LogP contribution >= 0.6 is 0 Å². The minimum atomic E-state index is 0.185. The molecule has 1 aliphatic carbocycles. The molecule has 0 radical (unpaired) electrons. The zero-order valence-electron chi connectivity index (χ0n) is 12.3. The summed E-state index contributed by atoms with van der Waals surface area (Å²) in [6.07, 6.45) is 5.01. The van der Waals surface area contributed by atoms with Crippen LogP contribution in [-0.2, 0) is 11.2 Å². The molecule has 0 spiro atoms. The average molecular weight is 275 g/mol. The van der Waals surface area contributed by atoms with Gasteiger partial charge < -0.3 is 15.2 Å². The minimum Gasteiger partial charge on any atom is -0.487 e. The molecule has 1 heterocycles. The van der Waals surface area contributed by atoms with Gasteiger partial charge in [0.2, 0.25) is 0 Å². The lowest BCUT2D eigenvalue weighted by Gasteiger charge is -2.19. The van der Waals surface area contributed by atoms with E-state index in [9.17, 15) is 0 Å². The molecule has 1 aromatic rings. The van der Waals surface area contributed by atoms with Crippen LogP contribution in [-0.4, -0.2) is 25.9 Å². The van der Waals surface area contributed by atoms with Crippen LogP contribution in [0.2, 0.25) is 0 Å². The second kappa shape index (κ2) is 6.15. The molecule has 1 aromatic carbocycles. The highest BCUT2D eigenvalue weighted by Crippen LogP contribution is 2.32. The summed E-state index contributed by atoms with van der Waals surface area (Å²) in [6, 6.07) is 6.40. The monoisotopic (exact) mass is 275 g/mol. The largest absolute Gasteiger partial charge is 0.487 e. The van der Waals surface area contributed by atoms with Gasteiger partial charge in [-0.3, -0.25) is 0 Å². The summed E-state index contributed by atoms with van der Waals surface area (Å²) in [5.74, 6) is 2.36. The fourth-order valence-corrected chi connectivity index (χ4v) is 3.54. The van der Waals surface area contributed by atoms with Crippen LogP contribution in [0.15, 0.2) is 18.2 Å². The molecule has 3 rings (SSSR count). The Hall–Kier alpha value is -1.06. The number of benzene rings is 1. The van der Waals surface area contributed by atoms with Crippen LogP contribution < -0.4 is 10.5 Å². The summed E-state index contributed by atoms with van der Waals surface area (Å²) in [6.45, 7) is 4.47. The third-order valence-electron chi connectivity index (χ3n) is 4.71. The summed E-state index contributed by atoms with van der Waals surface area (Å²) in [5, 5.41) is 0. The maximum absolute atomic E-state index is 5.93. The topological polar surface area (TPSA) is 44.5 Å². The van der Waals surface area contributed by atoms with Crippen molar-refractivity contribution in [1.29, 1.82) is 0 Å². The normalized spacial score (nSPS) is 28.4. The van der Waals surface area contributed by atoms with Crippen LogP contribution in [0, 0.1) is 18.8 Å². The molecule has 0 saturated heterocycles. The van der Waals surface area contributed by atoms with Crippen LogP contribution in [0.25, 0.3) is 0 Å². The molecule has 1 aliphatic heterocycles. The van der Waals surface area contributed by atoms with Gasteiger partial charge in [0.1, 0.15) is 11.9 Å². The second-order valence-corrected chi connectivity index (χ2v) is 6.28. The van der Waals surface area contributed by atoms with Gasteiger partial charge in [-0.2, -0.15) is 0 Å². The van der Waals surface area contributed by atoms with E-state index in [1.165, 1.54) is 30.4 Å². The first kappa shape index (κ1) is 13.9. The SMILES string of the molecule is Cc1ccc2c(c1)CC(COCC1CCCC1CN)O2. The molecule has 1 fully saturated rings. The number of rotatable bonds is 5. The lowest BCUT2D eigenvalue weighted by atomic mass is 9.97. The van der Waals surface area contributed by atoms with Gasteiger partial charge in [0.15, 0.2) is 0 Å². The van der Waals surface area contributed by atoms with Crippen LogP contribution in [0.1, 0.15) is 30.4 Å². The summed E-state index contributed by atoms with van der Waals surface area (Å²) in [5.41, 5.74) is 8.43. The molecule has 0 aromatic heterocycles. The van der Waals surface area contributed by atoms with Gasteiger partial charge in [0, 0.05) is 13.0 Å². The first-order valence-electron chi connectivity index (χ1n) is 7.80. The van der Waals surface area contributed by atoms with Crippen molar-refractivity contribution in [3.05, 3.63) is 29.3 Å². The quantitative estimate of drug-likeness (QED) is 0.898. The first-order valence-corrected chi connectivity index (χ1v) is 7.80. The van der Waals surface area contributed by atoms with Crippen molar-refractivity contribution >= 4 is 0 Å². The summed E-state index contributed by atoms with van der Waals surface area (Å²) >= 11 is 0. The highest BCUT2D eigenvalue weighted by Gasteiger charge is 2.27. The highest BCUT2D eigenvalue weighted by molar-refractivity contribution is 5.40. The van der Waals surface area contributed by atoms with E-state index in [1.807, 2.05) is 0 Å². The van der Waals surface area contributed by atoms with Crippen molar-refractivity contribution in [3.63, 3.8) is 0 Å². The van der Waals surface area contributed by atoms with E-state index in [2.05, 4.69) is 25.1 Å². The molecule has 3 nitrogen and oxygen atoms in total. The minimum absolute atomic E-state index is 0.185. The Morgan fingerprint density at radius 2 is 2.10 bits per heavy atom. The molecule has 0 amide bonds. The van der Waals surface area contributed by atoms with E-state index >= 15 is 0 Å². The molecule has 3 heteroatoms. The molecule has 20 heavy (non-hydrogen) atoms. The predicted octanol–water partition coefficient (Wildman–Crippen LogP) is 2.69. The van der Waals surface area contributed by atoms with Crippen LogP contribution in [0.4, 0.5) is 0 Å². The van der Waals surface area contributed by atoms with Gasteiger partial charge in [0.25, 0.3) is 0 Å². The number of ether oxygens (including phenoxy) is 2. The maximum Gasteiger partial charge on any atom is 0.126 e. The molecule has 110 valence electrons. The Morgan fingerprint density at radius 3 is 2.95 bits per heavy atom. The molecule has 3 unspecified atom stereocenters. The van der Waals surface area contributed by atoms with Gasteiger partial charge in [-0.25, -0.2) is 0 Å². The van der Waals surface area contributed by atoms with E-state index in [0.29, 0.717) is 18.4 Å². The molecular weight excluding hydrogens is 250 g/mol. The van der Waals surface area contributed by atoms with Crippen LogP contribution in [0.5, 0.6) is 5.75 Å². The predicted molar refractivity (Wildman–Crippen MR) is 80.0 cm³/mol. The fourth-order valence-electron chi connectivity index (χ4n) is 3.54. The van der Waals surface area contributed by atoms with Gasteiger partial charge in [0.05, 0.1) is 6.61 Å². The number of hydrogen-bond acceptors (Lipinski definition) is 3. The Balaban J connectivity index is 1.45. The summed E-state index contributed by atoms with van der Waals surface area (Å²) in [7, 11) is 0. The Bertz CT molecular complexity index is 460. The van der Waals surface area contributed by atoms with E-state index in [1.54, 1.807) is 0 Å². The maximum atomic E-state index is 5.93. The van der Waals surface area contributed by atoms with E-state index in [4.69, 9.17) is 15.2 Å². The van der Waals surface area contributed by atoms with Gasteiger partial charge >= 0.3 is 0 Å². The van der Waals surface area contributed by atoms with Crippen molar-refractivity contribution in [2.45, 2.75) is 38.7 Å². The number of nitrogens with two attached hydrogens (primary N) is 1. The van der Waals surface area contributed by atoms with Crippen molar-refractivity contribution in [1.82, 2.24) is 0 Å². The van der Waals surface area contributed by atoms with Gasteiger partial charge in [-0.05, 0) is 49.8 Å². The fraction of sp³-hybridized carbons (Fsp3) is 0.647. The van der Waals surface area contributed by atoms with Crippen molar-refractivity contribution in [2.75, 3.05) is 19.8 Å². The number of aryl methyl sites for hydroxylation is 1. The van der Waals surface area contributed by atoms with Gasteiger partial charge in [-0.1, -0.05) is 24.1 Å². The zero-order chi connectivity index (χ0) is 13.9. The lowest BCUT2D eigenvalue weighted by Crippen LogP contribution is -2.26. The van der Waals surface area contributed by atoms with E-state index < -0.39 is 0 Å². The zero-order valence-corrected chi connectivity index (χ0v) is 12.3. The number of hydrogen-bond donors (Lipinski definition) is 1. The third kappa shape index (κ3) is 2.99. The molecule has 2 N–H and O–H groups in total. The smallest absolute Gasteiger partial charge is 0.126 e. The van der Waals surface area contributed by atoms with E-state index in [0.717, 1.165) is 25.3 Å². The standard InChI is InChI=1S/C17H25NO2/c1-12-5-6-17-15(7-12)8-16(20-17)11-19-10-14-4-2-3-13(14)9-18/h5-7,13-14,16H,2-4,8-11,18H2,1H3. The molecule has 3 atom stereocenters. The summed E-state index contributed by atoms with van der Waals surface area (Å²) < 4.78 is 11.8. The van der Waals surface area contributed by atoms with Crippen LogP contribution in [0.3, 0.4) is 0 Å². The highest BCUT2D eigenvalue weighted by atomic mass is 16.5. The molecule has 2 aliphatic rings. The van der Waals surface area contributed by atoms with Gasteiger partial charge in [-0.15, -0.1) is 0 Å². The molecule has 0 bridgehead atoms. The second-order valence-electron chi connectivity index (χ2n) is 6.28. The number of fused-ring (bicyclic) bond motifs is 1. The molecule has 1 saturated carbocycles. The molecular formula is C17H25NO2. The lowest BCUT2D eigenvalue weighted by molar-refractivity contribution is 0.0344. The Labute approximate surface area is 121 Å². The van der Waals surface area contributed by atoms with Crippen molar-refractivity contribution in [2.24, 2.45) is 17.6 Å². The third-order valence-corrected chi connectivity index (χ3v) is 4.71. The Morgan fingerprint density at radius 1 is 1.25 bits per heavy atom. The average Bonchev–Trinajstić information content (AvgIpc) is 3.04. The summed E-state index contributed by atoms with van der Waals surface area (Å²) in [4.78, 5) is 0. The van der Waals surface area contributed by atoms with Crippen molar-refractivity contribution in [3.8, 4) is 5.75 Å². The van der Waals surface area contributed by atoms with Crippen molar-refractivity contribution < 1.29 is 9.47 Å². The van der Waals surface area contributed by atoms with E-state index in [-0.39, 0.29) is 6.10 Å². The first-order chi connectivity index (χ1) is 9.76. The Kier molecular flexibility index (Phi) is 4.27.